The molecule has 1 aromatic carbocycles. The van der Waals surface area contributed by atoms with Crippen molar-refractivity contribution in [1.29, 1.82) is 0 Å². The summed E-state index contributed by atoms with van der Waals surface area (Å²) < 4.78 is 6.61. The topological polar surface area (TPSA) is 41.3 Å². The fourth-order valence-electron chi connectivity index (χ4n) is 3.14. The van der Waals surface area contributed by atoms with Gasteiger partial charge in [-0.25, -0.2) is 4.98 Å². The van der Waals surface area contributed by atoms with Gasteiger partial charge < -0.3 is 14.6 Å². The molecule has 3 heterocycles. The first-order chi connectivity index (χ1) is 11.8. The van der Waals surface area contributed by atoms with E-state index in [1.165, 1.54) is 17.5 Å². The first-order valence-corrected chi connectivity index (χ1v) is 9.46. The minimum absolute atomic E-state index is 0.271. The van der Waals surface area contributed by atoms with E-state index in [4.69, 9.17) is 21.6 Å². The summed E-state index contributed by atoms with van der Waals surface area (Å²) in [6.07, 6.45) is 5.18. The molecule has 0 aliphatic carbocycles. The number of para-hydroxylation sites is 1. The Morgan fingerprint density at radius 3 is 3.04 bits per heavy atom. The summed E-state index contributed by atoms with van der Waals surface area (Å²) in [5.41, 5.74) is 1.08. The number of furan rings is 1. The zero-order valence-electron chi connectivity index (χ0n) is 13.3. The van der Waals surface area contributed by atoms with Gasteiger partial charge in [0.1, 0.15) is 10.8 Å². The number of likely N-dealkylation sites (tertiary alicyclic amines) is 1. The van der Waals surface area contributed by atoms with Crippen LogP contribution in [0.3, 0.4) is 0 Å². The lowest BCUT2D eigenvalue weighted by molar-refractivity contribution is 0.241. The molecule has 1 atom stereocenters. The maximum absolute atomic E-state index is 5.65. The van der Waals surface area contributed by atoms with Crippen molar-refractivity contribution >= 4 is 38.9 Å². The molecule has 1 saturated heterocycles. The largest absolute Gasteiger partial charge is 0.467 e. The van der Waals surface area contributed by atoms with E-state index in [9.17, 15) is 0 Å². The van der Waals surface area contributed by atoms with Crippen molar-refractivity contribution in [1.82, 2.24) is 15.2 Å². The summed E-state index contributed by atoms with van der Waals surface area (Å²) in [6, 6.07) is 12.4. The molecule has 4 nitrogen and oxygen atoms in total. The van der Waals surface area contributed by atoms with Crippen LogP contribution in [0.15, 0.2) is 47.1 Å². The van der Waals surface area contributed by atoms with E-state index in [0.717, 1.165) is 34.4 Å². The van der Waals surface area contributed by atoms with Crippen LogP contribution < -0.4 is 5.32 Å². The lowest BCUT2D eigenvalue weighted by atomic mass is 10.0. The highest BCUT2D eigenvalue weighted by molar-refractivity contribution is 7.80. The second-order valence-corrected chi connectivity index (χ2v) is 7.41. The number of hydrogen-bond donors (Lipinski definition) is 1. The van der Waals surface area contributed by atoms with Crippen molar-refractivity contribution < 1.29 is 4.42 Å². The Bertz CT molecular complexity index is 795. The van der Waals surface area contributed by atoms with E-state index in [2.05, 4.69) is 28.4 Å². The number of aromatic nitrogens is 1. The van der Waals surface area contributed by atoms with Gasteiger partial charge >= 0.3 is 0 Å². The van der Waals surface area contributed by atoms with Crippen LogP contribution in [-0.4, -0.2) is 21.5 Å². The zero-order valence-corrected chi connectivity index (χ0v) is 14.9. The highest BCUT2D eigenvalue weighted by Gasteiger charge is 2.28. The van der Waals surface area contributed by atoms with Crippen molar-refractivity contribution in [3.05, 3.63) is 53.4 Å². The van der Waals surface area contributed by atoms with Crippen LogP contribution >= 0.6 is 23.6 Å². The number of fused-ring (bicyclic) bond motifs is 1. The number of benzene rings is 1. The molecule has 0 radical (unpaired) electrons. The second kappa shape index (κ2) is 6.91. The monoisotopic (exact) mass is 357 g/mol. The number of rotatable bonds is 3. The van der Waals surface area contributed by atoms with Gasteiger partial charge in [-0.15, -0.1) is 11.3 Å². The highest BCUT2D eigenvalue weighted by atomic mass is 32.1. The van der Waals surface area contributed by atoms with E-state index in [0.29, 0.717) is 6.54 Å². The van der Waals surface area contributed by atoms with Gasteiger partial charge in [-0.05, 0) is 55.7 Å². The molecule has 0 bridgehead atoms. The summed E-state index contributed by atoms with van der Waals surface area (Å²) in [6.45, 7) is 1.60. The van der Waals surface area contributed by atoms with Gasteiger partial charge in [0.05, 0.1) is 29.1 Å². The normalized spacial score (nSPS) is 18.0. The summed E-state index contributed by atoms with van der Waals surface area (Å²) >= 11 is 7.44. The molecule has 0 saturated carbocycles. The summed E-state index contributed by atoms with van der Waals surface area (Å²) in [5.74, 6) is 0.894. The molecule has 3 aromatic rings. The number of thiazole rings is 1. The summed E-state index contributed by atoms with van der Waals surface area (Å²) in [4.78, 5) is 7.14. The van der Waals surface area contributed by atoms with Gasteiger partial charge in [-0.1, -0.05) is 12.1 Å². The summed E-state index contributed by atoms with van der Waals surface area (Å²) in [7, 11) is 0. The van der Waals surface area contributed by atoms with E-state index in [1.54, 1.807) is 17.6 Å². The van der Waals surface area contributed by atoms with Crippen LogP contribution in [0.25, 0.3) is 10.2 Å². The van der Waals surface area contributed by atoms with Gasteiger partial charge in [0.15, 0.2) is 5.11 Å². The molecule has 1 N–H and O–H groups in total. The van der Waals surface area contributed by atoms with Crippen molar-refractivity contribution in [3.8, 4) is 0 Å². The van der Waals surface area contributed by atoms with Crippen LogP contribution in [0.2, 0.25) is 0 Å². The third-order valence-corrected chi connectivity index (χ3v) is 5.87. The Labute approximate surface area is 150 Å². The van der Waals surface area contributed by atoms with Crippen molar-refractivity contribution in [2.75, 3.05) is 6.54 Å². The molecule has 2 aromatic heterocycles. The van der Waals surface area contributed by atoms with Crippen LogP contribution in [0.5, 0.6) is 0 Å². The maximum atomic E-state index is 5.65. The Kier molecular flexibility index (Phi) is 4.49. The lowest BCUT2D eigenvalue weighted by Crippen LogP contribution is -2.44. The number of thiocarbonyl (C=S) groups is 1. The summed E-state index contributed by atoms with van der Waals surface area (Å²) in [5, 5.41) is 5.28. The fraction of sp³-hybridized carbons (Fsp3) is 0.333. The first-order valence-electron chi connectivity index (χ1n) is 8.23. The van der Waals surface area contributed by atoms with E-state index >= 15 is 0 Å². The fourth-order valence-corrected chi connectivity index (χ4v) is 4.55. The average Bonchev–Trinajstić information content (AvgIpc) is 3.29. The first kappa shape index (κ1) is 15.6. The molecule has 6 heteroatoms. The quantitative estimate of drug-likeness (QED) is 0.700. The van der Waals surface area contributed by atoms with Crippen LogP contribution in [0.4, 0.5) is 0 Å². The van der Waals surface area contributed by atoms with E-state index < -0.39 is 0 Å². The van der Waals surface area contributed by atoms with Crippen molar-refractivity contribution in [3.63, 3.8) is 0 Å². The average molecular weight is 358 g/mol. The Morgan fingerprint density at radius 1 is 1.29 bits per heavy atom. The Hall–Kier alpha value is -1.92. The van der Waals surface area contributed by atoms with E-state index in [-0.39, 0.29) is 6.04 Å². The number of piperidine rings is 1. The SMILES string of the molecule is S=C(NCc1ccco1)N1CCCC[C@H]1c1nc2ccccc2s1. The number of nitrogens with one attached hydrogen (secondary N) is 1. The lowest BCUT2D eigenvalue weighted by Gasteiger charge is -2.36. The molecule has 1 aliphatic rings. The Morgan fingerprint density at radius 2 is 2.21 bits per heavy atom. The van der Waals surface area contributed by atoms with Crippen LogP contribution in [0, 0.1) is 0 Å². The second-order valence-electron chi connectivity index (χ2n) is 5.96. The molecule has 4 rings (SSSR count). The molecule has 0 unspecified atom stereocenters. The predicted molar refractivity (Wildman–Crippen MR) is 101 cm³/mol. The number of hydrogen-bond acceptors (Lipinski definition) is 4. The van der Waals surface area contributed by atoms with Crippen molar-refractivity contribution in [2.24, 2.45) is 0 Å². The molecular formula is C18H19N3OS2. The van der Waals surface area contributed by atoms with Gasteiger partial charge in [0.2, 0.25) is 0 Å². The van der Waals surface area contributed by atoms with E-state index in [1.807, 2.05) is 18.2 Å². The smallest absolute Gasteiger partial charge is 0.169 e. The molecule has 1 fully saturated rings. The molecular weight excluding hydrogens is 338 g/mol. The zero-order chi connectivity index (χ0) is 16.4. The third kappa shape index (κ3) is 3.16. The van der Waals surface area contributed by atoms with Crippen molar-refractivity contribution in [2.45, 2.75) is 31.8 Å². The van der Waals surface area contributed by atoms with Gasteiger partial charge in [-0.2, -0.15) is 0 Å². The molecule has 124 valence electrons. The molecule has 1 aliphatic heterocycles. The predicted octanol–water partition coefficient (Wildman–Crippen LogP) is 4.49. The molecule has 24 heavy (non-hydrogen) atoms. The Balaban J connectivity index is 1.52. The standard InChI is InChI=1S/C18H19N3OS2/c23-18(19-12-13-6-5-11-22-13)21-10-4-3-8-15(21)17-20-14-7-1-2-9-16(14)24-17/h1-2,5-7,9,11,15H,3-4,8,10,12H2,(H,19,23)/t15-/m0/s1. The highest BCUT2D eigenvalue weighted by Crippen LogP contribution is 2.35. The maximum Gasteiger partial charge on any atom is 0.169 e. The molecule has 0 amide bonds. The minimum atomic E-state index is 0.271. The van der Waals surface area contributed by atoms with Gasteiger partial charge in [-0.3, -0.25) is 0 Å². The minimum Gasteiger partial charge on any atom is -0.467 e. The van der Waals surface area contributed by atoms with Gasteiger partial charge in [0, 0.05) is 6.54 Å². The number of nitrogens with zero attached hydrogens (tertiary/aromatic N) is 2. The van der Waals surface area contributed by atoms with Gasteiger partial charge in [0.25, 0.3) is 0 Å². The molecule has 0 spiro atoms. The third-order valence-electron chi connectivity index (χ3n) is 4.35. The van der Waals surface area contributed by atoms with Crippen LogP contribution in [-0.2, 0) is 6.54 Å². The van der Waals surface area contributed by atoms with Crippen LogP contribution in [0.1, 0.15) is 36.1 Å².